The Morgan fingerprint density at radius 1 is 1.44 bits per heavy atom. The van der Waals surface area contributed by atoms with Gasteiger partial charge in [0.05, 0.1) is 6.10 Å². The molecule has 0 radical (unpaired) electrons. The van der Waals surface area contributed by atoms with Crippen molar-refractivity contribution in [2.75, 3.05) is 7.11 Å². The Morgan fingerprint density at radius 3 is 2.70 bits per heavy atom. The normalized spacial score (nSPS) is 38.8. The maximum Gasteiger partial charge on any atom is 0.337 e. The van der Waals surface area contributed by atoms with Crippen molar-refractivity contribution in [3.05, 3.63) is 34.4 Å². The van der Waals surface area contributed by atoms with Crippen LogP contribution in [0.2, 0.25) is 0 Å². The number of methoxy groups -OCH3 is 1. The number of allylic oxidation sites excluding steroid dienone is 1. The van der Waals surface area contributed by atoms with Crippen molar-refractivity contribution >= 4 is 11.9 Å². The molecule has 1 aliphatic heterocycles. The molecule has 6 nitrogen and oxygen atoms in total. The van der Waals surface area contributed by atoms with Gasteiger partial charge in [-0.1, -0.05) is 25.5 Å². The molecule has 1 fully saturated rings. The Bertz CT molecular complexity index is 776. The van der Waals surface area contributed by atoms with Gasteiger partial charge in [0.1, 0.15) is 6.10 Å². The van der Waals surface area contributed by atoms with Crippen molar-refractivity contribution in [2.24, 2.45) is 11.3 Å². The van der Waals surface area contributed by atoms with Gasteiger partial charge in [0, 0.05) is 35.2 Å². The minimum absolute atomic E-state index is 0.0726. The first-order chi connectivity index (χ1) is 12.6. The first kappa shape index (κ1) is 19.8. The molecule has 0 bridgehead atoms. The number of aliphatic hydroxyl groups is 1. The molecule has 1 saturated carbocycles. The van der Waals surface area contributed by atoms with Crippen molar-refractivity contribution in [3.63, 3.8) is 0 Å². The standard InChI is InChI=1S/C21H28O6/c1-7-11(2)18(22)26-15-9-8-14-10-21(24)16(12(3)19(23)27-21)17(25-6)20(14,5)13(15)4/h7,10,13,15,17,24H,8-9H2,1-6H3/b11-7-/t13-,15-,17+,20+,21+/m0/s1. The summed E-state index contributed by atoms with van der Waals surface area (Å²) >= 11 is 0. The number of fused-ring (bicyclic) bond motifs is 2. The van der Waals surface area contributed by atoms with Gasteiger partial charge in [-0.25, -0.2) is 9.59 Å². The molecule has 0 amide bonds. The highest BCUT2D eigenvalue weighted by Crippen LogP contribution is 2.57. The summed E-state index contributed by atoms with van der Waals surface area (Å²) in [6.07, 6.45) is 3.82. The maximum atomic E-state index is 12.3. The molecule has 148 valence electrons. The van der Waals surface area contributed by atoms with E-state index >= 15 is 0 Å². The summed E-state index contributed by atoms with van der Waals surface area (Å²) in [5.41, 5.74) is 1.83. The zero-order valence-corrected chi connectivity index (χ0v) is 16.8. The summed E-state index contributed by atoms with van der Waals surface area (Å²) in [4.78, 5) is 24.4. The molecule has 0 aromatic rings. The lowest BCUT2D eigenvalue weighted by atomic mass is 9.56. The summed E-state index contributed by atoms with van der Waals surface area (Å²) < 4.78 is 16.8. The van der Waals surface area contributed by atoms with E-state index < -0.39 is 23.3 Å². The molecule has 1 N–H and O–H groups in total. The average Bonchev–Trinajstić information content (AvgIpc) is 2.85. The van der Waals surface area contributed by atoms with Crippen LogP contribution in [0.5, 0.6) is 0 Å². The number of carbonyl (C=O) groups is 2. The van der Waals surface area contributed by atoms with Crippen molar-refractivity contribution < 1.29 is 28.9 Å². The highest BCUT2D eigenvalue weighted by molar-refractivity contribution is 5.93. The molecule has 6 heteroatoms. The van der Waals surface area contributed by atoms with Crippen LogP contribution in [-0.4, -0.2) is 42.1 Å². The third-order valence-corrected chi connectivity index (χ3v) is 6.66. The lowest BCUT2D eigenvalue weighted by Gasteiger charge is -2.53. The fourth-order valence-corrected chi connectivity index (χ4v) is 4.68. The van der Waals surface area contributed by atoms with Crippen LogP contribution in [0.4, 0.5) is 0 Å². The number of esters is 2. The summed E-state index contributed by atoms with van der Waals surface area (Å²) in [6, 6.07) is 0. The van der Waals surface area contributed by atoms with Gasteiger partial charge in [0.25, 0.3) is 5.79 Å². The minimum Gasteiger partial charge on any atom is -0.459 e. The monoisotopic (exact) mass is 376 g/mol. The van der Waals surface area contributed by atoms with Crippen LogP contribution in [0.1, 0.15) is 47.5 Å². The fourth-order valence-electron chi connectivity index (χ4n) is 4.68. The van der Waals surface area contributed by atoms with Crippen molar-refractivity contribution in [1.82, 2.24) is 0 Å². The Kier molecular flexibility index (Phi) is 4.85. The number of carbonyl (C=O) groups excluding carboxylic acids is 2. The van der Waals surface area contributed by atoms with Gasteiger partial charge in [0.2, 0.25) is 0 Å². The second-order valence-corrected chi connectivity index (χ2v) is 7.94. The van der Waals surface area contributed by atoms with E-state index in [0.717, 1.165) is 5.57 Å². The van der Waals surface area contributed by atoms with Gasteiger partial charge in [-0.15, -0.1) is 0 Å². The molecule has 0 saturated heterocycles. The highest BCUT2D eigenvalue weighted by Gasteiger charge is 2.61. The lowest BCUT2D eigenvalue weighted by Crippen LogP contribution is -2.56. The predicted molar refractivity (Wildman–Crippen MR) is 98.4 cm³/mol. The fraction of sp³-hybridized carbons (Fsp3) is 0.619. The minimum atomic E-state index is -1.75. The molecule has 0 aromatic carbocycles. The summed E-state index contributed by atoms with van der Waals surface area (Å²) in [6.45, 7) is 9.25. The van der Waals surface area contributed by atoms with Crippen LogP contribution in [0.15, 0.2) is 34.4 Å². The van der Waals surface area contributed by atoms with Crippen LogP contribution in [0.25, 0.3) is 0 Å². The molecular formula is C21H28O6. The zero-order chi connectivity index (χ0) is 20.1. The number of hydrogen-bond donors (Lipinski definition) is 1. The molecule has 1 heterocycles. The van der Waals surface area contributed by atoms with Crippen LogP contribution in [0, 0.1) is 11.3 Å². The Labute approximate surface area is 159 Å². The summed E-state index contributed by atoms with van der Waals surface area (Å²) in [5, 5.41) is 11.0. The number of ether oxygens (including phenoxy) is 3. The van der Waals surface area contributed by atoms with Gasteiger partial charge >= 0.3 is 11.9 Å². The van der Waals surface area contributed by atoms with Gasteiger partial charge < -0.3 is 19.3 Å². The molecule has 0 unspecified atom stereocenters. The molecule has 0 spiro atoms. The van der Waals surface area contributed by atoms with E-state index in [9.17, 15) is 14.7 Å². The van der Waals surface area contributed by atoms with E-state index in [-0.39, 0.29) is 18.0 Å². The Balaban J connectivity index is 2.03. The van der Waals surface area contributed by atoms with E-state index in [1.807, 2.05) is 13.8 Å². The third kappa shape index (κ3) is 2.77. The first-order valence-electron chi connectivity index (χ1n) is 9.36. The van der Waals surface area contributed by atoms with Crippen molar-refractivity contribution in [2.45, 2.75) is 65.5 Å². The van der Waals surface area contributed by atoms with Gasteiger partial charge in [-0.05, 0) is 39.7 Å². The van der Waals surface area contributed by atoms with E-state index in [1.54, 1.807) is 40.0 Å². The molecule has 5 atom stereocenters. The number of hydrogen-bond acceptors (Lipinski definition) is 6. The Hall–Kier alpha value is -1.92. The maximum absolute atomic E-state index is 12.3. The van der Waals surface area contributed by atoms with Crippen LogP contribution < -0.4 is 0 Å². The average molecular weight is 376 g/mol. The predicted octanol–water partition coefficient (Wildman–Crippen LogP) is 2.82. The number of rotatable bonds is 3. The Morgan fingerprint density at radius 2 is 2.11 bits per heavy atom. The van der Waals surface area contributed by atoms with Crippen molar-refractivity contribution in [3.8, 4) is 0 Å². The second-order valence-electron chi connectivity index (χ2n) is 7.94. The lowest BCUT2D eigenvalue weighted by molar-refractivity contribution is -0.179. The van der Waals surface area contributed by atoms with Crippen LogP contribution >= 0.6 is 0 Å². The highest BCUT2D eigenvalue weighted by atomic mass is 16.7. The molecular weight excluding hydrogens is 348 g/mol. The smallest absolute Gasteiger partial charge is 0.337 e. The second kappa shape index (κ2) is 6.60. The van der Waals surface area contributed by atoms with E-state index in [1.165, 1.54) is 0 Å². The molecule has 3 aliphatic rings. The van der Waals surface area contributed by atoms with Gasteiger partial charge in [-0.2, -0.15) is 0 Å². The quantitative estimate of drug-likeness (QED) is 0.463. The van der Waals surface area contributed by atoms with Gasteiger partial charge in [-0.3, -0.25) is 0 Å². The SMILES string of the molecule is C/C=C(/C)C(=O)O[C@H]1CCC2=C[C@@]3(O)OC(=O)C(C)=C3[C@@H](OC)[C@]2(C)[C@H]1C. The van der Waals surface area contributed by atoms with Crippen LogP contribution in [-0.2, 0) is 23.8 Å². The van der Waals surface area contributed by atoms with E-state index in [4.69, 9.17) is 14.2 Å². The van der Waals surface area contributed by atoms with E-state index in [2.05, 4.69) is 0 Å². The largest absolute Gasteiger partial charge is 0.459 e. The zero-order valence-electron chi connectivity index (χ0n) is 16.8. The van der Waals surface area contributed by atoms with Crippen molar-refractivity contribution in [1.29, 1.82) is 0 Å². The van der Waals surface area contributed by atoms with E-state index in [0.29, 0.717) is 29.6 Å². The summed E-state index contributed by atoms with van der Waals surface area (Å²) in [7, 11) is 1.56. The molecule has 27 heavy (non-hydrogen) atoms. The topological polar surface area (TPSA) is 82.1 Å². The summed E-state index contributed by atoms with van der Waals surface area (Å²) in [5.74, 6) is -2.67. The first-order valence-corrected chi connectivity index (χ1v) is 9.36. The molecule has 0 aromatic heterocycles. The van der Waals surface area contributed by atoms with Gasteiger partial charge in [0.15, 0.2) is 0 Å². The van der Waals surface area contributed by atoms with Crippen LogP contribution in [0.3, 0.4) is 0 Å². The molecule has 2 aliphatic carbocycles. The third-order valence-electron chi connectivity index (χ3n) is 6.66. The molecule has 3 rings (SSSR count).